The first-order chi connectivity index (χ1) is 21.6. The van der Waals surface area contributed by atoms with E-state index >= 15 is 0 Å². The highest BCUT2D eigenvalue weighted by Crippen LogP contribution is 2.48. The van der Waals surface area contributed by atoms with Crippen molar-refractivity contribution in [1.82, 2.24) is 0 Å². The average Bonchev–Trinajstić information content (AvgIpc) is 3.37. The van der Waals surface area contributed by atoms with E-state index in [0.29, 0.717) is 26.3 Å². The van der Waals surface area contributed by atoms with Crippen LogP contribution in [0.3, 0.4) is 0 Å². The Morgan fingerprint density at radius 1 is 0.783 bits per heavy atom. The fourth-order valence-corrected chi connectivity index (χ4v) is 6.14. The van der Waals surface area contributed by atoms with Crippen molar-refractivity contribution in [3.63, 3.8) is 0 Å². The Bertz CT molecular complexity index is 1470. The summed E-state index contributed by atoms with van der Waals surface area (Å²) < 4.78 is 10.1. The highest BCUT2D eigenvalue weighted by molar-refractivity contribution is 9.08. The quantitative estimate of drug-likeness (QED) is 0.102. The first-order valence-electron chi connectivity index (χ1n) is 15.5. The lowest BCUT2D eigenvalue weighted by atomic mass is 9.80. The van der Waals surface area contributed by atoms with Gasteiger partial charge in [0.15, 0.2) is 0 Å². The second kappa shape index (κ2) is 17.7. The molecule has 2 aromatic carbocycles. The zero-order valence-electron chi connectivity index (χ0n) is 27.6. The molecule has 1 atom stereocenters. The van der Waals surface area contributed by atoms with Gasteiger partial charge in [0.2, 0.25) is 0 Å². The average molecular weight is 692 g/mol. The number of benzene rings is 2. The molecule has 7 heteroatoms. The zero-order valence-corrected chi connectivity index (χ0v) is 29.2. The minimum atomic E-state index is -0.327. The smallest absolute Gasteiger partial charge is 0.330 e. The summed E-state index contributed by atoms with van der Waals surface area (Å²) in [6.45, 7) is 14.5. The van der Waals surface area contributed by atoms with Gasteiger partial charge in [-0.05, 0) is 49.0 Å². The summed E-state index contributed by atoms with van der Waals surface area (Å²) in [5, 5.41) is 0. The third-order valence-corrected chi connectivity index (χ3v) is 8.22. The number of hydrogen-bond acceptors (Lipinski definition) is 6. The monoisotopic (exact) mass is 690 g/mol. The highest BCUT2D eigenvalue weighted by atomic mass is 79.9. The number of carbonyl (C=O) groups excluding carboxylic acids is 2. The van der Waals surface area contributed by atoms with Gasteiger partial charge in [0.1, 0.15) is 0 Å². The van der Waals surface area contributed by atoms with Gasteiger partial charge >= 0.3 is 11.9 Å². The van der Waals surface area contributed by atoms with E-state index in [0.717, 1.165) is 11.4 Å². The topological polar surface area (TPSA) is 59.1 Å². The first kappa shape index (κ1) is 38.3. The van der Waals surface area contributed by atoms with E-state index in [1.807, 2.05) is 31.0 Å². The number of halogens is 1. The van der Waals surface area contributed by atoms with Gasteiger partial charge in [0, 0.05) is 53.1 Å². The largest absolute Gasteiger partial charge is 0.463 e. The Morgan fingerprint density at radius 3 is 1.93 bits per heavy atom. The number of alkyl halides is 1. The van der Waals surface area contributed by atoms with Gasteiger partial charge in [-0.15, -0.1) is 0 Å². The van der Waals surface area contributed by atoms with Crippen molar-refractivity contribution in [1.29, 1.82) is 0 Å². The van der Waals surface area contributed by atoms with Crippen LogP contribution in [0.4, 0.5) is 11.4 Å². The lowest BCUT2D eigenvalue weighted by Crippen LogP contribution is -2.40. The summed E-state index contributed by atoms with van der Waals surface area (Å²) in [6.07, 6.45) is 17.4. The molecule has 0 saturated heterocycles. The van der Waals surface area contributed by atoms with E-state index in [4.69, 9.17) is 9.47 Å². The van der Waals surface area contributed by atoms with E-state index in [1.165, 1.54) is 29.0 Å². The summed E-state index contributed by atoms with van der Waals surface area (Å²) >= 11 is 2.94. The maximum absolute atomic E-state index is 11.9. The predicted octanol–water partition coefficient (Wildman–Crippen LogP) is 8.83. The molecule has 46 heavy (non-hydrogen) atoms. The molecule has 0 amide bonds. The van der Waals surface area contributed by atoms with Crippen molar-refractivity contribution in [3.05, 3.63) is 120 Å². The Morgan fingerprint density at radius 2 is 1.33 bits per heavy atom. The second-order valence-corrected chi connectivity index (χ2v) is 11.7. The fraction of sp³-hybridized carbons (Fsp3) is 0.385. The van der Waals surface area contributed by atoms with Crippen LogP contribution >= 0.6 is 15.9 Å². The van der Waals surface area contributed by atoms with E-state index in [1.54, 1.807) is 6.92 Å². The number of hydrogen-bond donors (Lipinski definition) is 0. The minimum Gasteiger partial charge on any atom is -0.463 e. The highest BCUT2D eigenvalue weighted by Gasteiger charge is 2.42. The first-order valence-corrected chi connectivity index (χ1v) is 17.0. The molecule has 0 spiro atoms. The molecule has 0 aliphatic carbocycles. The van der Waals surface area contributed by atoms with Crippen LogP contribution in [0.15, 0.2) is 109 Å². The lowest BCUT2D eigenvalue weighted by Gasteiger charge is -2.31. The number of para-hydroxylation sites is 2. The zero-order chi connectivity index (χ0) is 33.0. The van der Waals surface area contributed by atoms with Crippen LogP contribution in [0.25, 0.3) is 0 Å². The van der Waals surface area contributed by atoms with E-state index in [2.05, 4.69) is 126 Å². The van der Waals surface area contributed by atoms with Crippen LogP contribution < -0.4 is 9.80 Å². The maximum Gasteiger partial charge on any atom is 0.330 e. The molecule has 6 nitrogen and oxygen atoms in total. The number of fused-ring (bicyclic) bond motifs is 2. The Labute approximate surface area is 285 Å². The van der Waals surface area contributed by atoms with E-state index < -0.39 is 0 Å². The molecule has 0 bridgehead atoms. The number of carbonyl (C=O) groups is 2. The molecule has 248 valence electrons. The third-order valence-electron chi connectivity index (χ3n) is 8.22. The molecule has 0 radical (unpaired) electrons. The number of allylic oxidation sites excluding steroid dienone is 5. The molecule has 4 rings (SSSR count). The van der Waals surface area contributed by atoms with Crippen molar-refractivity contribution in [2.45, 2.75) is 65.8 Å². The van der Waals surface area contributed by atoms with Gasteiger partial charge < -0.3 is 19.3 Å². The molecule has 1 unspecified atom stereocenters. The number of nitrogens with zero attached hydrogens (tertiary/aromatic N) is 2. The molecular formula is C39H51BrN2O4. The van der Waals surface area contributed by atoms with Crippen LogP contribution in [0.1, 0.15) is 60.1 Å². The van der Waals surface area contributed by atoms with E-state index in [9.17, 15) is 9.59 Å². The van der Waals surface area contributed by atoms with Crippen LogP contribution in [0, 0.1) is 0 Å². The van der Waals surface area contributed by atoms with Crippen molar-refractivity contribution in [2.75, 3.05) is 41.9 Å². The Balaban J connectivity index is 0.00000241. The van der Waals surface area contributed by atoms with Gasteiger partial charge in [-0.3, -0.25) is 0 Å². The number of rotatable bonds is 11. The van der Waals surface area contributed by atoms with Crippen LogP contribution in [0.2, 0.25) is 0 Å². The third kappa shape index (κ3) is 8.69. The summed E-state index contributed by atoms with van der Waals surface area (Å²) in [5.41, 5.74) is 5.72. The van der Waals surface area contributed by atoms with Crippen molar-refractivity contribution in [2.24, 2.45) is 0 Å². The van der Waals surface area contributed by atoms with Crippen molar-refractivity contribution >= 4 is 39.2 Å². The predicted molar refractivity (Wildman–Crippen MR) is 197 cm³/mol. The second-order valence-electron chi connectivity index (χ2n) is 11.7. The molecule has 0 saturated carbocycles. The Kier molecular flexibility index (Phi) is 14.8. The van der Waals surface area contributed by atoms with Crippen molar-refractivity contribution < 1.29 is 19.1 Å². The standard InChI is InChI=1S/C37H44N2O4.CH3Br.CH4/c1-7-42-34(40)24-16-26-38-30-20-14-12-18-28(30)36(3,4)32(38)22-10-9-11-23-33-37(5,6)29-19-13-15-21-31(29)39(33)27-17-25-35(41)43-8-2;1-2;/h9-25,32H,7-8,26-27H2,1-6H3;1H3;1H4/b11-9+,22-10+,24-16+,25-17+,33-23+;;. The van der Waals surface area contributed by atoms with Gasteiger partial charge in [0.25, 0.3) is 0 Å². The summed E-state index contributed by atoms with van der Waals surface area (Å²) in [7, 11) is 0. The van der Waals surface area contributed by atoms with Crippen LogP contribution in [0.5, 0.6) is 0 Å². The van der Waals surface area contributed by atoms with Gasteiger partial charge in [-0.1, -0.05) is 124 Å². The maximum atomic E-state index is 11.9. The molecule has 2 aliphatic rings. The molecule has 0 fully saturated rings. The number of anilines is 2. The van der Waals surface area contributed by atoms with E-state index in [-0.39, 0.29) is 36.2 Å². The normalized spacial score (nSPS) is 18.5. The molecular weight excluding hydrogens is 640 g/mol. The fourth-order valence-electron chi connectivity index (χ4n) is 6.14. The van der Waals surface area contributed by atoms with Gasteiger partial charge in [-0.2, -0.15) is 0 Å². The van der Waals surface area contributed by atoms with Gasteiger partial charge in [-0.25, -0.2) is 9.59 Å². The molecule has 0 aromatic heterocycles. The molecule has 0 N–H and O–H groups in total. The lowest BCUT2D eigenvalue weighted by molar-refractivity contribution is -0.138. The summed E-state index contributed by atoms with van der Waals surface area (Å²) in [5.74, 6) is 1.17. The molecule has 2 aromatic rings. The summed E-state index contributed by atoms with van der Waals surface area (Å²) in [4.78, 5) is 28.4. The number of ether oxygens (including phenoxy) is 2. The van der Waals surface area contributed by atoms with Crippen molar-refractivity contribution in [3.8, 4) is 0 Å². The van der Waals surface area contributed by atoms with Crippen LogP contribution in [-0.2, 0) is 29.9 Å². The van der Waals surface area contributed by atoms with Crippen LogP contribution in [-0.4, -0.2) is 50.1 Å². The minimum absolute atomic E-state index is 0. The molecule has 2 heterocycles. The number of esters is 2. The molecule has 2 aliphatic heterocycles. The van der Waals surface area contributed by atoms with Gasteiger partial charge in [0.05, 0.1) is 19.3 Å². The Hall–Kier alpha value is -3.84. The SMILES string of the molecule is C.CBr.CCOC(=O)/C=C/CN1/C(=C/C=C/C=C/C2N(C/C=C/C(=O)OCC)c3ccccc3C2(C)C)C(C)(C)c2ccccc21. The summed E-state index contributed by atoms with van der Waals surface area (Å²) in [6, 6.07) is 17.0.